The van der Waals surface area contributed by atoms with E-state index in [1.807, 2.05) is 11.7 Å². The molecular weight excluding hydrogens is 222 g/mol. The molecule has 2 unspecified atom stereocenters. The maximum atomic E-state index is 4.66. The summed E-state index contributed by atoms with van der Waals surface area (Å²) in [4.78, 5) is 0. The summed E-state index contributed by atoms with van der Waals surface area (Å²) in [6.45, 7) is 1.20. The third-order valence-corrected chi connectivity index (χ3v) is 4.52. The van der Waals surface area contributed by atoms with Crippen molar-refractivity contribution in [2.45, 2.75) is 56.9 Å². The molecule has 100 valence electrons. The van der Waals surface area contributed by atoms with Crippen LogP contribution >= 0.6 is 0 Å². The average Bonchev–Trinajstić information content (AvgIpc) is 3.13. The Balaban J connectivity index is 1.68. The van der Waals surface area contributed by atoms with Crippen LogP contribution in [0.1, 0.15) is 56.6 Å². The van der Waals surface area contributed by atoms with Crippen LogP contribution in [0.4, 0.5) is 0 Å². The number of aryl methyl sites for hydroxylation is 1. The van der Waals surface area contributed by atoms with Gasteiger partial charge < -0.3 is 5.32 Å². The molecule has 2 aliphatic carbocycles. The molecule has 3 heteroatoms. The Labute approximate surface area is 110 Å². The van der Waals surface area contributed by atoms with Crippen molar-refractivity contribution in [3.63, 3.8) is 0 Å². The molecule has 0 amide bonds. The number of aromatic nitrogens is 2. The zero-order valence-corrected chi connectivity index (χ0v) is 11.4. The quantitative estimate of drug-likeness (QED) is 0.829. The van der Waals surface area contributed by atoms with E-state index in [1.54, 1.807) is 0 Å². The predicted molar refractivity (Wildman–Crippen MR) is 73.5 cm³/mol. The Morgan fingerprint density at radius 2 is 2.06 bits per heavy atom. The van der Waals surface area contributed by atoms with Crippen LogP contribution in [0.2, 0.25) is 0 Å². The highest BCUT2D eigenvalue weighted by atomic mass is 15.2. The number of hydrogen-bond donors (Lipinski definition) is 1. The Morgan fingerprint density at radius 3 is 2.78 bits per heavy atom. The van der Waals surface area contributed by atoms with Crippen LogP contribution in [0.25, 0.3) is 0 Å². The van der Waals surface area contributed by atoms with E-state index < -0.39 is 0 Å². The minimum absolute atomic E-state index is 0.681. The van der Waals surface area contributed by atoms with Gasteiger partial charge in [-0.25, -0.2) is 0 Å². The first-order chi connectivity index (χ1) is 8.83. The van der Waals surface area contributed by atoms with Crippen molar-refractivity contribution < 1.29 is 0 Å². The lowest BCUT2D eigenvalue weighted by Gasteiger charge is -2.24. The number of nitrogens with one attached hydrogen (secondary N) is 1. The summed E-state index contributed by atoms with van der Waals surface area (Å²) in [5.74, 6) is 1.47. The number of rotatable bonds is 4. The molecule has 1 N–H and O–H groups in total. The van der Waals surface area contributed by atoms with Crippen molar-refractivity contribution in [3.05, 3.63) is 18.0 Å². The Kier molecular flexibility index (Phi) is 3.69. The van der Waals surface area contributed by atoms with E-state index in [4.69, 9.17) is 0 Å². The van der Waals surface area contributed by atoms with E-state index in [9.17, 15) is 0 Å². The van der Waals surface area contributed by atoms with Crippen molar-refractivity contribution in [1.29, 1.82) is 0 Å². The molecule has 0 spiro atoms. The summed E-state index contributed by atoms with van der Waals surface area (Å²) in [6.07, 6.45) is 11.8. The molecule has 1 aromatic rings. The van der Waals surface area contributed by atoms with Gasteiger partial charge in [0.25, 0.3) is 0 Å². The fraction of sp³-hybridized carbons (Fsp3) is 0.800. The molecule has 2 aliphatic rings. The molecule has 0 bridgehead atoms. The first-order valence-electron chi connectivity index (χ1n) is 7.56. The highest BCUT2D eigenvalue weighted by Crippen LogP contribution is 2.36. The van der Waals surface area contributed by atoms with Crippen LogP contribution in [0, 0.1) is 5.92 Å². The largest absolute Gasteiger partial charge is 0.314 e. The fourth-order valence-corrected chi connectivity index (χ4v) is 3.25. The Bertz CT molecular complexity index is 381. The van der Waals surface area contributed by atoms with Crippen molar-refractivity contribution >= 4 is 0 Å². The number of hydrogen-bond acceptors (Lipinski definition) is 2. The Morgan fingerprint density at radius 1 is 1.22 bits per heavy atom. The highest BCUT2D eigenvalue weighted by Gasteiger charge is 2.29. The van der Waals surface area contributed by atoms with E-state index in [2.05, 4.69) is 22.7 Å². The molecule has 0 saturated heterocycles. The average molecular weight is 247 g/mol. The molecule has 3 rings (SSSR count). The fourth-order valence-electron chi connectivity index (χ4n) is 3.25. The first-order valence-corrected chi connectivity index (χ1v) is 7.56. The van der Waals surface area contributed by atoms with Crippen LogP contribution in [0.15, 0.2) is 12.3 Å². The topological polar surface area (TPSA) is 29.9 Å². The van der Waals surface area contributed by atoms with E-state index in [0.717, 1.165) is 12.0 Å². The Hall–Kier alpha value is -0.830. The van der Waals surface area contributed by atoms with Crippen LogP contribution in [0.3, 0.4) is 0 Å². The van der Waals surface area contributed by atoms with Gasteiger partial charge >= 0.3 is 0 Å². The molecular formula is C15H25N3. The first kappa shape index (κ1) is 12.2. The van der Waals surface area contributed by atoms with E-state index in [1.165, 1.54) is 57.2 Å². The van der Waals surface area contributed by atoms with Gasteiger partial charge in [0.15, 0.2) is 0 Å². The molecule has 2 fully saturated rings. The second-order valence-electron chi connectivity index (χ2n) is 6.10. The van der Waals surface area contributed by atoms with Crippen LogP contribution in [-0.2, 0) is 7.05 Å². The van der Waals surface area contributed by atoms with Crippen molar-refractivity contribution in [1.82, 2.24) is 15.1 Å². The van der Waals surface area contributed by atoms with Crippen LogP contribution < -0.4 is 5.32 Å². The van der Waals surface area contributed by atoms with Gasteiger partial charge in [0, 0.05) is 25.2 Å². The zero-order valence-electron chi connectivity index (χ0n) is 11.4. The highest BCUT2D eigenvalue weighted by molar-refractivity contribution is 5.09. The lowest BCUT2D eigenvalue weighted by atomic mass is 9.85. The normalized spacial score (nSPS) is 29.2. The monoisotopic (exact) mass is 247 g/mol. The maximum absolute atomic E-state index is 4.66. The molecule has 0 aliphatic heterocycles. The molecule has 2 saturated carbocycles. The predicted octanol–water partition coefficient (Wildman–Crippen LogP) is 2.84. The molecule has 2 atom stereocenters. The zero-order chi connectivity index (χ0) is 12.4. The summed E-state index contributed by atoms with van der Waals surface area (Å²) in [5.41, 5.74) is 1.32. The van der Waals surface area contributed by atoms with Gasteiger partial charge in [0.1, 0.15) is 0 Å². The van der Waals surface area contributed by atoms with E-state index >= 15 is 0 Å². The molecule has 0 radical (unpaired) electrons. The summed E-state index contributed by atoms with van der Waals surface area (Å²) in [7, 11) is 2.03. The van der Waals surface area contributed by atoms with Crippen molar-refractivity contribution in [2.24, 2.45) is 13.0 Å². The molecule has 18 heavy (non-hydrogen) atoms. The third-order valence-electron chi connectivity index (χ3n) is 4.52. The molecule has 1 heterocycles. The molecule has 0 aromatic carbocycles. The van der Waals surface area contributed by atoms with Gasteiger partial charge in [0.05, 0.1) is 5.69 Å². The van der Waals surface area contributed by atoms with Gasteiger partial charge in [-0.05, 0) is 44.2 Å². The van der Waals surface area contributed by atoms with E-state index in [-0.39, 0.29) is 0 Å². The third kappa shape index (κ3) is 2.94. The van der Waals surface area contributed by atoms with Crippen LogP contribution in [-0.4, -0.2) is 22.4 Å². The lowest BCUT2D eigenvalue weighted by Crippen LogP contribution is -2.28. The molecule has 1 aromatic heterocycles. The van der Waals surface area contributed by atoms with E-state index in [0.29, 0.717) is 5.92 Å². The lowest BCUT2D eigenvalue weighted by molar-refractivity contribution is 0.367. The minimum Gasteiger partial charge on any atom is -0.314 e. The second kappa shape index (κ2) is 5.43. The summed E-state index contributed by atoms with van der Waals surface area (Å²) in [5, 5.41) is 8.38. The van der Waals surface area contributed by atoms with Crippen molar-refractivity contribution in [2.75, 3.05) is 6.54 Å². The second-order valence-corrected chi connectivity index (χ2v) is 6.10. The minimum atomic E-state index is 0.681. The van der Waals surface area contributed by atoms with Crippen LogP contribution in [0.5, 0.6) is 0 Å². The van der Waals surface area contributed by atoms with Gasteiger partial charge in [-0.3, -0.25) is 4.68 Å². The van der Waals surface area contributed by atoms with Gasteiger partial charge in [0.2, 0.25) is 0 Å². The van der Waals surface area contributed by atoms with Gasteiger partial charge in [-0.1, -0.05) is 19.3 Å². The van der Waals surface area contributed by atoms with Crippen molar-refractivity contribution in [3.8, 4) is 0 Å². The summed E-state index contributed by atoms with van der Waals surface area (Å²) >= 11 is 0. The SMILES string of the molecule is Cn1ccc(C2CCCCCC2CNC2CC2)n1. The summed E-state index contributed by atoms with van der Waals surface area (Å²) < 4.78 is 1.95. The summed E-state index contributed by atoms with van der Waals surface area (Å²) in [6, 6.07) is 3.05. The smallest absolute Gasteiger partial charge is 0.0658 e. The number of nitrogens with zero attached hydrogens (tertiary/aromatic N) is 2. The standard InChI is InChI=1S/C15H25N3/c1-18-10-9-15(17-18)14-6-4-2-3-5-12(14)11-16-13-7-8-13/h9-10,12-14,16H,2-8,11H2,1H3. The molecule has 3 nitrogen and oxygen atoms in total. The maximum Gasteiger partial charge on any atom is 0.0658 e. The van der Waals surface area contributed by atoms with Gasteiger partial charge in [-0.2, -0.15) is 5.10 Å². The van der Waals surface area contributed by atoms with Gasteiger partial charge in [-0.15, -0.1) is 0 Å².